The molecule has 1 N–H and O–H groups in total. The van der Waals surface area contributed by atoms with E-state index in [1.165, 1.54) is 0 Å². The van der Waals surface area contributed by atoms with Crippen LogP contribution in [0.5, 0.6) is 11.5 Å². The fourth-order valence-electron chi connectivity index (χ4n) is 4.90. The molecule has 184 valence electrons. The molecule has 0 saturated carbocycles. The number of carbonyl (C=O) groups is 2. The molecule has 0 bridgehead atoms. The molecule has 1 aromatic heterocycles. The summed E-state index contributed by atoms with van der Waals surface area (Å²) >= 11 is 0. The largest absolute Gasteiger partial charge is 0.497 e. The molecule has 0 unspecified atom stereocenters. The first-order valence-electron chi connectivity index (χ1n) is 11.9. The van der Waals surface area contributed by atoms with E-state index in [0.717, 1.165) is 22.0 Å². The van der Waals surface area contributed by atoms with Crippen molar-refractivity contribution in [3.05, 3.63) is 95.7 Å². The zero-order valence-electron chi connectivity index (χ0n) is 20.7. The Hall–Kier alpha value is -4.26. The Labute approximate surface area is 210 Å². The van der Waals surface area contributed by atoms with Gasteiger partial charge in [0.15, 0.2) is 0 Å². The molecule has 7 nitrogen and oxygen atoms in total. The van der Waals surface area contributed by atoms with E-state index in [1.54, 1.807) is 19.1 Å². The standard InChI is InChI=1S/C29H29N3O4/c1-29(28(34)30-17-20-9-5-4-6-10-20)19-31-24-12-8-7-11-21(24)16-25(31)27(33)32(29)18-22-15-23(35-2)13-14-26(22)36-3/h4-16H,17-19H2,1-3H3,(H,30,34)/t29-/m0/s1. The Morgan fingerprint density at radius 3 is 2.47 bits per heavy atom. The first kappa shape index (κ1) is 23.5. The molecule has 0 radical (unpaired) electrons. The quantitative estimate of drug-likeness (QED) is 0.423. The highest BCUT2D eigenvalue weighted by molar-refractivity contribution is 6.03. The van der Waals surface area contributed by atoms with Gasteiger partial charge in [0.25, 0.3) is 5.91 Å². The third kappa shape index (κ3) is 4.06. The topological polar surface area (TPSA) is 72.8 Å². The highest BCUT2D eigenvalue weighted by atomic mass is 16.5. The Morgan fingerprint density at radius 2 is 1.72 bits per heavy atom. The minimum absolute atomic E-state index is 0.190. The summed E-state index contributed by atoms with van der Waals surface area (Å²) in [4.78, 5) is 29.5. The molecular formula is C29H29N3O4. The predicted octanol–water partition coefficient (Wildman–Crippen LogP) is 4.39. The molecule has 0 aliphatic carbocycles. The van der Waals surface area contributed by atoms with Gasteiger partial charge in [-0.1, -0.05) is 48.5 Å². The number of benzene rings is 3. The number of fused-ring (bicyclic) bond motifs is 3. The molecule has 1 aliphatic heterocycles. The molecule has 1 atom stereocenters. The molecule has 36 heavy (non-hydrogen) atoms. The smallest absolute Gasteiger partial charge is 0.271 e. The number of methoxy groups -OCH3 is 2. The van der Waals surface area contributed by atoms with Crippen LogP contribution in [0.4, 0.5) is 0 Å². The van der Waals surface area contributed by atoms with Crippen molar-refractivity contribution in [3.8, 4) is 11.5 Å². The Morgan fingerprint density at radius 1 is 0.972 bits per heavy atom. The number of aromatic nitrogens is 1. The van der Waals surface area contributed by atoms with Crippen LogP contribution in [0, 0.1) is 0 Å². The van der Waals surface area contributed by atoms with Gasteiger partial charge in [-0.25, -0.2) is 0 Å². The van der Waals surface area contributed by atoms with E-state index in [-0.39, 0.29) is 18.4 Å². The van der Waals surface area contributed by atoms with Gasteiger partial charge in [-0.3, -0.25) is 9.59 Å². The van der Waals surface area contributed by atoms with Gasteiger partial charge >= 0.3 is 0 Å². The summed E-state index contributed by atoms with van der Waals surface area (Å²) in [5.74, 6) is 0.853. The van der Waals surface area contributed by atoms with Crippen LogP contribution in [0.2, 0.25) is 0 Å². The van der Waals surface area contributed by atoms with Crippen molar-refractivity contribution in [1.82, 2.24) is 14.8 Å². The summed E-state index contributed by atoms with van der Waals surface area (Å²) < 4.78 is 12.9. The summed E-state index contributed by atoms with van der Waals surface area (Å²) in [5.41, 5.74) is 2.10. The van der Waals surface area contributed by atoms with Gasteiger partial charge in [-0.05, 0) is 42.8 Å². The number of amides is 2. The highest BCUT2D eigenvalue weighted by Gasteiger charge is 2.47. The van der Waals surface area contributed by atoms with Gasteiger partial charge in [0.2, 0.25) is 5.91 Å². The summed E-state index contributed by atoms with van der Waals surface area (Å²) in [6, 6.07) is 25.0. The molecule has 4 aromatic rings. The van der Waals surface area contributed by atoms with E-state index >= 15 is 0 Å². The van der Waals surface area contributed by atoms with Crippen molar-refractivity contribution in [2.75, 3.05) is 14.2 Å². The lowest BCUT2D eigenvalue weighted by Gasteiger charge is -2.44. The molecule has 2 heterocycles. The third-order valence-electron chi connectivity index (χ3n) is 6.94. The maximum atomic E-state index is 14.0. The van der Waals surface area contributed by atoms with E-state index in [9.17, 15) is 9.59 Å². The Kier molecular flexibility index (Phi) is 6.14. The summed E-state index contributed by atoms with van der Waals surface area (Å²) in [6.07, 6.45) is 0. The monoisotopic (exact) mass is 483 g/mol. The van der Waals surface area contributed by atoms with Crippen LogP contribution in [-0.4, -0.2) is 41.0 Å². The van der Waals surface area contributed by atoms with Crippen LogP contribution in [0.3, 0.4) is 0 Å². The maximum Gasteiger partial charge on any atom is 0.271 e. The van der Waals surface area contributed by atoms with Crippen LogP contribution >= 0.6 is 0 Å². The zero-order chi connectivity index (χ0) is 25.3. The predicted molar refractivity (Wildman–Crippen MR) is 138 cm³/mol. The molecule has 3 aromatic carbocycles. The van der Waals surface area contributed by atoms with Gasteiger partial charge < -0.3 is 24.3 Å². The average Bonchev–Trinajstić information content (AvgIpc) is 3.28. The number of nitrogens with zero attached hydrogens (tertiary/aromatic N) is 2. The van der Waals surface area contributed by atoms with Crippen molar-refractivity contribution >= 4 is 22.7 Å². The van der Waals surface area contributed by atoms with E-state index in [2.05, 4.69) is 5.32 Å². The minimum Gasteiger partial charge on any atom is -0.497 e. The van der Waals surface area contributed by atoms with Crippen LogP contribution in [0.1, 0.15) is 28.5 Å². The average molecular weight is 484 g/mol. The van der Waals surface area contributed by atoms with Crippen LogP contribution in [-0.2, 0) is 24.4 Å². The van der Waals surface area contributed by atoms with Crippen LogP contribution < -0.4 is 14.8 Å². The number of nitrogens with one attached hydrogen (secondary N) is 1. The van der Waals surface area contributed by atoms with Crippen molar-refractivity contribution in [2.24, 2.45) is 0 Å². The molecule has 0 fully saturated rings. The number of hydrogen-bond donors (Lipinski definition) is 1. The highest BCUT2D eigenvalue weighted by Crippen LogP contribution is 2.35. The normalized spacial score (nSPS) is 17.1. The van der Waals surface area contributed by atoms with E-state index in [1.807, 2.05) is 90.4 Å². The van der Waals surface area contributed by atoms with Gasteiger partial charge in [0, 0.05) is 23.0 Å². The molecular weight excluding hydrogens is 454 g/mol. The number of hydrogen-bond acceptors (Lipinski definition) is 4. The zero-order valence-corrected chi connectivity index (χ0v) is 20.7. The second-order valence-electron chi connectivity index (χ2n) is 9.19. The van der Waals surface area contributed by atoms with Crippen molar-refractivity contribution < 1.29 is 19.1 Å². The first-order valence-corrected chi connectivity index (χ1v) is 11.9. The number of carbonyl (C=O) groups excluding carboxylic acids is 2. The lowest BCUT2D eigenvalue weighted by atomic mass is 9.93. The Balaban J connectivity index is 1.56. The number of para-hydroxylation sites is 1. The van der Waals surface area contributed by atoms with E-state index in [4.69, 9.17) is 9.47 Å². The van der Waals surface area contributed by atoms with Crippen molar-refractivity contribution in [3.63, 3.8) is 0 Å². The molecule has 7 heteroatoms. The molecule has 0 saturated heterocycles. The summed E-state index contributed by atoms with van der Waals surface area (Å²) in [7, 11) is 3.18. The van der Waals surface area contributed by atoms with Gasteiger partial charge in [-0.2, -0.15) is 0 Å². The SMILES string of the molecule is COc1ccc(OC)c(CN2C(=O)c3cc4ccccc4n3C[C@@]2(C)C(=O)NCc2ccccc2)c1. The van der Waals surface area contributed by atoms with Crippen LogP contribution in [0.25, 0.3) is 10.9 Å². The van der Waals surface area contributed by atoms with E-state index in [0.29, 0.717) is 30.3 Å². The van der Waals surface area contributed by atoms with Crippen molar-refractivity contribution in [1.29, 1.82) is 0 Å². The molecule has 0 spiro atoms. The lowest BCUT2D eigenvalue weighted by Crippen LogP contribution is -2.63. The summed E-state index contributed by atoms with van der Waals surface area (Å²) in [5, 5.41) is 4.03. The Bertz CT molecular complexity index is 1430. The van der Waals surface area contributed by atoms with Gasteiger partial charge in [0.05, 0.1) is 27.3 Å². The van der Waals surface area contributed by atoms with Crippen molar-refractivity contribution in [2.45, 2.75) is 32.1 Å². The minimum atomic E-state index is -1.14. The fourth-order valence-corrected chi connectivity index (χ4v) is 4.90. The van der Waals surface area contributed by atoms with Gasteiger partial charge in [-0.15, -0.1) is 0 Å². The second-order valence-corrected chi connectivity index (χ2v) is 9.19. The molecule has 5 rings (SSSR count). The van der Waals surface area contributed by atoms with Gasteiger partial charge in [0.1, 0.15) is 22.7 Å². The second kappa shape index (κ2) is 9.41. The fraction of sp³-hybridized carbons (Fsp3) is 0.241. The lowest BCUT2D eigenvalue weighted by molar-refractivity contribution is -0.133. The maximum absolute atomic E-state index is 14.0. The third-order valence-corrected chi connectivity index (χ3v) is 6.94. The van der Waals surface area contributed by atoms with E-state index < -0.39 is 5.54 Å². The number of rotatable bonds is 7. The summed E-state index contributed by atoms with van der Waals surface area (Å²) in [6.45, 7) is 2.72. The van der Waals surface area contributed by atoms with Crippen LogP contribution in [0.15, 0.2) is 78.9 Å². The number of ether oxygens (including phenoxy) is 2. The molecule has 1 aliphatic rings. The first-order chi connectivity index (χ1) is 17.4. The molecule has 2 amide bonds.